The first-order valence-corrected chi connectivity index (χ1v) is 13.9. The van der Waals surface area contributed by atoms with Crippen molar-refractivity contribution in [3.05, 3.63) is 112 Å². The van der Waals surface area contributed by atoms with Gasteiger partial charge in [0.25, 0.3) is 0 Å². The minimum Gasteiger partial charge on any atom is -0.334 e. The van der Waals surface area contributed by atoms with Crippen LogP contribution in [0.4, 0.5) is 28.4 Å². The maximum Gasteiger partial charge on any atom is 0.0832 e. The Balaban J connectivity index is 1.54. The molecule has 1 heterocycles. The van der Waals surface area contributed by atoms with E-state index in [0.29, 0.717) is 10.0 Å². The number of rotatable bonds is 4. The lowest BCUT2D eigenvalue weighted by molar-refractivity contribution is 0.195. The zero-order chi connectivity index (χ0) is 25.8. The summed E-state index contributed by atoms with van der Waals surface area (Å²) in [5, 5.41) is 1.12. The number of halogens is 2. The molecule has 0 N–H and O–H groups in total. The third-order valence-corrected chi connectivity index (χ3v) is 9.56. The van der Waals surface area contributed by atoms with E-state index in [2.05, 4.69) is 109 Å². The molecule has 0 saturated heterocycles. The van der Waals surface area contributed by atoms with Gasteiger partial charge in [0, 0.05) is 28.2 Å². The summed E-state index contributed by atoms with van der Waals surface area (Å²) in [4.78, 5) is 4.83. The lowest BCUT2D eigenvalue weighted by Crippen LogP contribution is -2.54. The summed E-state index contributed by atoms with van der Waals surface area (Å²) in [6, 6.07) is 32.3. The molecule has 0 amide bonds. The molecule has 1 aliphatic carbocycles. The predicted molar refractivity (Wildman–Crippen MR) is 159 cm³/mol. The van der Waals surface area contributed by atoms with Crippen LogP contribution in [0.2, 0.25) is 10.0 Å². The molecule has 1 aliphatic heterocycles. The van der Waals surface area contributed by atoms with E-state index in [-0.39, 0.29) is 11.0 Å². The molecule has 1 saturated carbocycles. The maximum absolute atomic E-state index is 6.84. The number of aryl methyl sites for hydroxylation is 1. The lowest BCUT2D eigenvalue weighted by atomic mass is 9.61. The van der Waals surface area contributed by atoms with Crippen LogP contribution in [0, 0.1) is 6.92 Å². The maximum atomic E-state index is 6.84. The van der Waals surface area contributed by atoms with Gasteiger partial charge in [-0.1, -0.05) is 85.4 Å². The molecule has 2 atom stereocenters. The van der Waals surface area contributed by atoms with Crippen molar-refractivity contribution in [1.82, 2.24) is 0 Å². The molecule has 1 fully saturated rings. The molecule has 0 radical (unpaired) electrons. The van der Waals surface area contributed by atoms with E-state index in [4.69, 9.17) is 23.2 Å². The number of benzene rings is 4. The van der Waals surface area contributed by atoms with Crippen LogP contribution in [-0.2, 0) is 5.41 Å². The Kier molecular flexibility index (Phi) is 6.01. The van der Waals surface area contributed by atoms with Crippen LogP contribution in [0.15, 0.2) is 91.0 Å². The molecule has 2 aliphatic rings. The Labute approximate surface area is 230 Å². The third-order valence-electron chi connectivity index (χ3n) is 8.77. The molecule has 4 aromatic carbocycles. The molecule has 2 nitrogen and oxygen atoms in total. The summed E-state index contributed by atoms with van der Waals surface area (Å²) in [7, 11) is 0. The topological polar surface area (TPSA) is 6.48 Å². The second kappa shape index (κ2) is 9.11. The van der Waals surface area contributed by atoms with E-state index in [1.165, 1.54) is 42.6 Å². The summed E-state index contributed by atoms with van der Waals surface area (Å²) in [6.07, 6.45) is 4.92. The Hall–Kier alpha value is -2.94. The summed E-state index contributed by atoms with van der Waals surface area (Å²) < 4.78 is 0. The van der Waals surface area contributed by atoms with Crippen molar-refractivity contribution in [2.75, 3.05) is 9.80 Å². The van der Waals surface area contributed by atoms with Gasteiger partial charge in [-0.25, -0.2) is 0 Å². The molecule has 4 heteroatoms. The van der Waals surface area contributed by atoms with Crippen molar-refractivity contribution in [2.45, 2.75) is 57.4 Å². The van der Waals surface area contributed by atoms with Crippen LogP contribution in [-0.4, -0.2) is 5.54 Å². The largest absolute Gasteiger partial charge is 0.334 e. The molecule has 37 heavy (non-hydrogen) atoms. The Bertz CT molecular complexity index is 1470. The first-order valence-electron chi connectivity index (χ1n) is 13.1. The Morgan fingerprint density at radius 1 is 0.757 bits per heavy atom. The standard InChI is InChI=1S/C33H32Cl2N2/c1-23-20-28(34)31(35)30(21-23)36(24-12-5-4-6-13-24)25-14-11-15-26(22-25)37-29-17-8-7-16-27(29)32(2)18-9-10-19-33(32,37)3/h4-8,11-17,20-22H,9-10,18-19H2,1-3H3. The number of hydrogen-bond acceptors (Lipinski definition) is 2. The second-order valence-electron chi connectivity index (χ2n) is 10.9. The number of anilines is 5. The van der Waals surface area contributed by atoms with E-state index in [0.717, 1.165) is 22.6 Å². The average Bonchev–Trinajstić information content (AvgIpc) is 3.11. The highest BCUT2D eigenvalue weighted by atomic mass is 35.5. The zero-order valence-corrected chi connectivity index (χ0v) is 23.2. The quantitative estimate of drug-likeness (QED) is 0.260. The van der Waals surface area contributed by atoms with E-state index in [9.17, 15) is 0 Å². The normalized spacial score (nSPS) is 22.5. The molecule has 4 aromatic rings. The molecular formula is C33H32Cl2N2. The number of nitrogens with zero attached hydrogens (tertiary/aromatic N) is 2. The minimum atomic E-state index is 0.00935. The number of fused-ring (bicyclic) bond motifs is 3. The SMILES string of the molecule is Cc1cc(Cl)c(Cl)c(N(c2ccccc2)c2cccc(N3c4ccccc4C4(C)CCCCC34C)c2)c1. The highest BCUT2D eigenvalue weighted by molar-refractivity contribution is 6.44. The van der Waals surface area contributed by atoms with Gasteiger partial charge in [-0.3, -0.25) is 0 Å². The van der Waals surface area contributed by atoms with E-state index < -0.39 is 0 Å². The number of hydrogen-bond donors (Lipinski definition) is 0. The van der Waals surface area contributed by atoms with Gasteiger partial charge < -0.3 is 9.80 Å². The Morgan fingerprint density at radius 3 is 2.27 bits per heavy atom. The van der Waals surface area contributed by atoms with Gasteiger partial charge in [0.15, 0.2) is 0 Å². The predicted octanol–water partition coefficient (Wildman–Crippen LogP) is 10.5. The van der Waals surface area contributed by atoms with Gasteiger partial charge in [-0.05, 0) is 86.3 Å². The molecule has 0 spiro atoms. The van der Waals surface area contributed by atoms with Crippen molar-refractivity contribution in [3.63, 3.8) is 0 Å². The van der Waals surface area contributed by atoms with Crippen molar-refractivity contribution < 1.29 is 0 Å². The summed E-state index contributed by atoms with van der Waals surface area (Å²) in [5.41, 5.74) is 8.17. The fourth-order valence-electron chi connectivity index (χ4n) is 6.75. The minimum absolute atomic E-state index is 0.00935. The third kappa shape index (κ3) is 3.76. The van der Waals surface area contributed by atoms with Crippen LogP contribution in [0.5, 0.6) is 0 Å². The molecular weight excluding hydrogens is 495 g/mol. The molecule has 0 bridgehead atoms. The van der Waals surface area contributed by atoms with Crippen LogP contribution in [0.1, 0.15) is 50.7 Å². The van der Waals surface area contributed by atoms with Gasteiger partial charge in [0.1, 0.15) is 0 Å². The van der Waals surface area contributed by atoms with Crippen LogP contribution in [0.25, 0.3) is 0 Å². The van der Waals surface area contributed by atoms with Crippen LogP contribution >= 0.6 is 23.2 Å². The van der Waals surface area contributed by atoms with Crippen molar-refractivity contribution in [3.8, 4) is 0 Å². The van der Waals surface area contributed by atoms with E-state index in [1.807, 2.05) is 12.1 Å². The number of para-hydroxylation sites is 2. The molecule has 6 rings (SSSR count). The van der Waals surface area contributed by atoms with Gasteiger partial charge in [0.2, 0.25) is 0 Å². The van der Waals surface area contributed by atoms with Crippen molar-refractivity contribution in [2.24, 2.45) is 0 Å². The van der Waals surface area contributed by atoms with E-state index in [1.54, 1.807) is 0 Å². The molecule has 2 unspecified atom stereocenters. The smallest absolute Gasteiger partial charge is 0.0832 e. The van der Waals surface area contributed by atoms with Gasteiger partial charge in [0.05, 0.1) is 21.3 Å². The van der Waals surface area contributed by atoms with Gasteiger partial charge in [-0.15, -0.1) is 0 Å². The molecule has 188 valence electrons. The monoisotopic (exact) mass is 526 g/mol. The highest BCUT2D eigenvalue weighted by Crippen LogP contribution is 2.60. The highest BCUT2D eigenvalue weighted by Gasteiger charge is 2.57. The summed E-state index contributed by atoms with van der Waals surface area (Å²) in [6.45, 7) is 6.99. The van der Waals surface area contributed by atoms with Crippen LogP contribution in [0.3, 0.4) is 0 Å². The summed E-state index contributed by atoms with van der Waals surface area (Å²) in [5.74, 6) is 0. The van der Waals surface area contributed by atoms with Crippen molar-refractivity contribution >= 4 is 51.6 Å². The summed E-state index contributed by atoms with van der Waals surface area (Å²) >= 11 is 13.4. The second-order valence-corrected chi connectivity index (χ2v) is 11.7. The first-order chi connectivity index (χ1) is 17.8. The lowest BCUT2D eigenvalue weighted by Gasteiger charge is -2.50. The first kappa shape index (κ1) is 24.4. The zero-order valence-electron chi connectivity index (χ0n) is 21.6. The van der Waals surface area contributed by atoms with Crippen molar-refractivity contribution in [1.29, 1.82) is 0 Å². The van der Waals surface area contributed by atoms with E-state index >= 15 is 0 Å². The van der Waals surface area contributed by atoms with Gasteiger partial charge >= 0.3 is 0 Å². The fraction of sp³-hybridized carbons (Fsp3) is 0.273. The molecule has 0 aromatic heterocycles. The Morgan fingerprint density at radius 2 is 1.46 bits per heavy atom. The fourth-order valence-corrected chi connectivity index (χ4v) is 7.21. The van der Waals surface area contributed by atoms with Gasteiger partial charge in [-0.2, -0.15) is 0 Å². The average molecular weight is 528 g/mol. The van der Waals surface area contributed by atoms with Crippen LogP contribution < -0.4 is 9.80 Å².